The summed E-state index contributed by atoms with van der Waals surface area (Å²) in [6.45, 7) is 4.72. The van der Waals surface area contributed by atoms with Gasteiger partial charge in [0, 0.05) is 13.1 Å². The second kappa shape index (κ2) is 7.04. The van der Waals surface area contributed by atoms with Gasteiger partial charge >= 0.3 is 0 Å². The minimum Gasteiger partial charge on any atom is -0.494 e. The molecule has 0 spiro atoms. The van der Waals surface area contributed by atoms with Crippen LogP contribution in [0.5, 0.6) is 5.75 Å². The topological polar surface area (TPSA) is 64.4 Å². The molecule has 0 N–H and O–H groups in total. The van der Waals surface area contributed by atoms with Gasteiger partial charge in [-0.25, -0.2) is 4.39 Å². The molecule has 0 fully saturated rings. The minimum absolute atomic E-state index is 0.0418. The van der Waals surface area contributed by atoms with E-state index in [1.54, 1.807) is 4.90 Å². The van der Waals surface area contributed by atoms with E-state index < -0.39 is 11.4 Å². The maximum atomic E-state index is 13.0. The van der Waals surface area contributed by atoms with Crippen molar-refractivity contribution >= 4 is 5.91 Å². The highest BCUT2D eigenvalue weighted by atomic mass is 19.1. The maximum absolute atomic E-state index is 13.0. The van der Waals surface area contributed by atoms with Crippen molar-refractivity contribution in [2.75, 3.05) is 20.2 Å². The number of benzene rings is 1. The van der Waals surface area contributed by atoms with Crippen LogP contribution in [-0.2, 0) is 0 Å². The maximum Gasteiger partial charge on any atom is 0.278 e. The van der Waals surface area contributed by atoms with E-state index in [1.807, 2.05) is 13.8 Å². The van der Waals surface area contributed by atoms with Crippen molar-refractivity contribution < 1.29 is 13.9 Å². The monoisotopic (exact) mass is 319 g/mol. The summed E-state index contributed by atoms with van der Waals surface area (Å²) >= 11 is 0. The molecule has 0 aliphatic rings. The van der Waals surface area contributed by atoms with E-state index in [0.29, 0.717) is 18.8 Å². The van der Waals surface area contributed by atoms with Crippen LogP contribution in [0.4, 0.5) is 4.39 Å². The Kier molecular flexibility index (Phi) is 5.10. The van der Waals surface area contributed by atoms with Crippen molar-refractivity contribution in [3.63, 3.8) is 0 Å². The first-order chi connectivity index (χ1) is 11.0. The second-order valence-corrected chi connectivity index (χ2v) is 4.77. The standard InChI is InChI=1S/C16H18FN3O3/c1-4-19(5-2)16(22)15-13(23-3)10-14(21)20(18-15)12-8-6-11(17)7-9-12/h6-10H,4-5H2,1-3H3. The summed E-state index contributed by atoms with van der Waals surface area (Å²) in [5, 5.41) is 4.13. The average Bonchev–Trinajstić information content (AvgIpc) is 2.56. The van der Waals surface area contributed by atoms with Crippen LogP contribution in [0.1, 0.15) is 24.3 Å². The smallest absolute Gasteiger partial charge is 0.278 e. The third kappa shape index (κ3) is 3.39. The van der Waals surface area contributed by atoms with Crippen molar-refractivity contribution in [2.24, 2.45) is 0 Å². The number of carbonyl (C=O) groups is 1. The van der Waals surface area contributed by atoms with Gasteiger partial charge in [-0.05, 0) is 38.1 Å². The Labute approximate surface area is 133 Å². The lowest BCUT2D eigenvalue weighted by molar-refractivity contribution is 0.0761. The van der Waals surface area contributed by atoms with Gasteiger partial charge in [-0.15, -0.1) is 0 Å². The molecule has 1 aromatic heterocycles. The highest BCUT2D eigenvalue weighted by molar-refractivity contribution is 5.94. The zero-order chi connectivity index (χ0) is 17.0. The van der Waals surface area contributed by atoms with Crippen LogP contribution in [0.25, 0.3) is 5.69 Å². The van der Waals surface area contributed by atoms with Crippen molar-refractivity contribution in [2.45, 2.75) is 13.8 Å². The van der Waals surface area contributed by atoms with Gasteiger partial charge < -0.3 is 9.64 Å². The average molecular weight is 319 g/mol. The van der Waals surface area contributed by atoms with Gasteiger partial charge in [0.15, 0.2) is 11.4 Å². The van der Waals surface area contributed by atoms with Gasteiger partial charge in [-0.1, -0.05) is 0 Å². The molecule has 0 aliphatic carbocycles. The number of aromatic nitrogens is 2. The molecule has 122 valence electrons. The number of amides is 1. The molecule has 0 atom stereocenters. The highest BCUT2D eigenvalue weighted by Gasteiger charge is 2.21. The Morgan fingerprint density at radius 1 is 1.26 bits per heavy atom. The number of rotatable bonds is 5. The van der Waals surface area contributed by atoms with E-state index >= 15 is 0 Å². The fourth-order valence-corrected chi connectivity index (χ4v) is 2.17. The molecule has 0 radical (unpaired) electrons. The number of nitrogens with zero attached hydrogens (tertiary/aromatic N) is 3. The molecule has 0 bridgehead atoms. The van der Waals surface area contributed by atoms with Gasteiger partial charge in [-0.2, -0.15) is 9.78 Å². The summed E-state index contributed by atoms with van der Waals surface area (Å²) in [6, 6.07) is 6.48. The van der Waals surface area contributed by atoms with E-state index in [0.717, 1.165) is 4.68 Å². The molecule has 0 saturated carbocycles. The molecule has 7 heteroatoms. The summed E-state index contributed by atoms with van der Waals surface area (Å²) in [4.78, 5) is 26.3. The zero-order valence-corrected chi connectivity index (χ0v) is 13.2. The summed E-state index contributed by atoms with van der Waals surface area (Å²) in [6.07, 6.45) is 0. The molecule has 0 unspecified atom stereocenters. The Balaban J connectivity index is 2.58. The quantitative estimate of drug-likeness (QED) is 0.844. The fourth-order valence-electron chi connectivity index (χ4n) is 2.17. The third-order valence-electron chi connectivity index (χ3n) is 3.44. The molecule has 1 heterocycles. The van der Waals surface area contributed by atoms with E-state index in [1.165, 1.54) is 37.4 Å². The fraction of sp³-hybridized carbons (Fsp3) is 0.312. The Morgan fingerprint density at radius 2 is 1.87 bits per heavy atom. The molecule has 23 heavy (non-hydrogen) atoms. The van der Waals surface area contributed by atoms with Crippen LogP contribution in [0, 0.1) is 5.82 Å². The van der Waals surface area contributed by atoms with Gasteiger partial charge in [0.1, 0.15) is 5.82 Å². The molecule has 0 saturated heterocycles. The predicted molar refractivity (Wildman–Crippen MR) is 83.6 cm³/mol. The lowest BCUT2D eigenvalue weighted by atomic mass is 10.3. The molecule has 1 amide bonds. The normalized spacial score (nSPS) is 10.4. The highest BCUT2D eigenvalue weighted by Crippen LogP contribution is 2.16. The van der Waals surface area contributed by atoms with Crippen molar-refractivity contribution in [3.8, 4) is 11.4 Å². The summed E-state index contributed by atoms with van der Waals surface area (Å²) in [5.74, 6) is -0.636. The third-order valence-corrected chi connectivity index (χ3v) is 3.44. The van der Waals surface area contributed by atoms with Crippen molar-refractivity contribution in [1.29, 1.82) is 0 Å². The first-order valence-corrected chi connectivity index (χ1v) is 7.25. The number of ether oxygens (including phenoxy) is 1. The summed E-state index contributed by atoms with van der Waals surface area (Å²) < 4.78 is 19.2. The van der Waals surface area contributed by atoms with Crippen LogP contribution >= 0.6 is 0 Å². The molecule has 2 rings (SSSR count). The first kappa shape index (κ1) is 16.7. The zero-order valence-electron chi connectivity index (χ0n) is 13.2. The van der Waals surface area contributed by atoms with Crippen molar-refractivity contribution in [1.82, 2.24) is 14.7 Å². The van der Waals surface area contributed by atoms with E-state index in [9.17, 15) is 14.0 Å². The van der Waals surface area contributed by atoms with Gasteiger partial charge in [-0.3, -0.25) is 9.59 Å². The molecule has 6 nitrogen and oxygen atoms in total. The van der Waals surface area contributed by atoms with Gasteiger partial charge in [0.2, 0.25) is 0 Å². The van der Waals surface area contributed by atoms with Crippen molar-refractivity contribution in [3.05, 3.63) is 52.2 Å². The van der Waals surface area contributed by atoms with Crippen LogP contribution in [0.15, 0.2) is 35.1 Å². The van der Waals surface area contributed by atoms with E-state index in [-0.39, 0.29) is 17.4 Å². The molecular weight excluding hydrogens is 301 g/mol. The SMILES string of the molecule is CCN(CC)C(=O)c1nn(-c2ccc(F)cc2)c(=O)cc1OC. The Bertz CT molecular complexity index is 752. The largest absolute Gasteiger partial charge is 0.494 e. The number of methoxy groups -OCH3 is 1. The Morgan fingerprint density at radius 3 is 2.39 bits per heavy atom. The van der Waals surface area contributed by atoms with E-state index in [4.69, 9.17) is 4.74 Å². The van der Waals surface area contributed by atoms with Crippen LogP contribution < -0.4 is 10.3 Å². The van der Waals surface area contributed by atoms with Crippen LogP contribution in [-0.4, -0.2) is 40.8 Å². The molecule has 0 aliphatic heterocycles. The lowest BCUT2D eigenvalue weighted by Gasteiger charge is -2.19. The summed E-state index contributed by atoms with van der Waals surface area (Å²) in [7, 11) is 1.37. The van der Waals surface area contributed by atoms with Gasteiger partial charge in [0.05, 0.1) is 18.9 Å². The number of hydrogen-bond acceptors (Lipinski definition) is 4. The number of carbonyl (C=O) groups excluding carboxylic acids is 1. The lowest BCUT2D eigenvalue weighted by Crippen LogP contribution is -2.34. The minimum atomic E-state index is -0.468. The number of halogens is 1. The molecule has 2 aromatic rings. The first-order valence-electron chi connectivity index (χ1n) is 7.25. The molecular formula is C16H18FN3O3. The van der Waals surface area contributed by atoms with Gasteiger partial charge in [0.25, 0.3) is 11.5 Å². The molecule has 1 aromatic carbocycles. The van der Waals surface area contributed by atoms with E-state index in [2.05, 4.69) is 5.10 Å². The Hall–Kier alpha value is -2.70. The second-order valence-electron chi connectivity index (χ2n) is 4.77. The van der Waals surface area contributed by atoms with Crippen LogP contribution in [0.2, 0.25) is 0 Å². The van der Waals surface area contributed by atoms with Crippen LogP contribution in [0.3, 0.4) is 0 Å². The predicted octanol–water partition coefficient (Wildman–Crippen LogP) is 1.86. The summed E-state index contributed by atoms with van der Waals surface area (Å²) in [5.41, 5.74) is -0.0580. The number of hydrogen-bond donors (Lipinski definition) is 0.